The number of rotatable bonds is 4. The maximum atomic E-state index is 12.8. The van der Waals surface area contributed by atoms with Crippen LogP contribution in [0.4, 0.5) is 10.5 Å². The maximum absolute atomic E-state index is 12.8. The van der Waals surface area contributed by atoms with Gasteiger partial charge in [0.25, 0.3) is 5.91 Å². The number of hydrogen-bond donors (Lipinski definition) is 2. The zero-order valence-corrected chi connectivity index (χ0v) is 17.7. The molecule has 2 aromatic rings. The first kappa shape index (κ1) is 20.6. The van der Waals surface area contributed by atoms with Crippen molar-refractivity contribution >= 4 is 17.6 Å². The highest BCUT2D eigenvalue weighted by Gasteiger charge is 2.43. The lowest BCUT2D eigenvalue weighted by molar-refractivity contribution is -0.0203. The Morgan fingerprint density at radius 2 is 1.71 bits per heavy atom. The van der Waals surface area contributed by atoms with E-state index in [-0.39, 0.29) is 11.9 Å². The Morgan fingerprint density at radius 1 is 1.06 bits per heavy atom. The molecule has 2 N–H and O–H groups in total. The average molecular weight is 427 g/mol. The molecule has 0 aliphatic carbocycles. The number of nitrogens with zero attached hydrogens (tertiary/aromatic N) is 1. The normalized spacial score (nSPS) is 16.6. The molecule has 1 fully saturated rings. The van der Waals surface area contributed by atoms with Crippen molar-refractivity contribution in [1.29, 1.82) is 0 Å². The van der Waals surface area contributed by atoms with E-state index >= 15 is 0 Å². The van der Waals surface area contributed by atoms with Gasteiger partial charge in [-0.05, 0) is 12.1 Å². The number of hydrogen-bond acceptors (Lipinski definition) is 6. The monoisotopic (exact) mass is 427 g/mol. The van der Waals surface area contributed by atoms with E-state index in [1.807, 2.05) is 6.07 Å². The van der Waals surface area contributed by atoms with Gasteiger partial charge in [0.05, 0.1) is 32.6 Å². The summed E-state index contributed by atoms with van der Waals surface area (Å²) in [6.07, 6.45) is 0.964. The van der Waals surface area contributed by atoms with Crippen LogP contribution in [0.25, 0.3) is 0 Å². The number of nitrogens with one attached hydrogen (secondary N) is 2. The number of amides is 3. The van der Waals surface area contributed by atoms with Gasteiger partial charge in [-0.15, -0.1) is 0 Å². The van der Waals surface area contributed by atoms with E-state index in [0.717, 1.165) is 0 Å². The van der Waals surface area contributed by atoms with Gasteiger partial charge in [0.2, 0.25) is 5.75 Å². The lowest BCUT2D eigenvalue weighted by Crippen LogP contribution is -2.61. The minimum Gasteiger partial charge on any atom is -0.493 e. The van der Waals surface area contributed by atoms with E-state index in [9.17, 15) is 9.59 Å². The number of fused-ring (bicyclic) bond motifs is 1. The van der Waals surface area contributed by atoms with Crippen molar-refractivity contribution in [3.05, 3.63) is 42.0 Å². The second-order valence-corrected chi connectivity index (χ2v) is 7.38. The molecule has 0 radical (unpaired) electrons. The molecule has 2 aliphatic rings. The van der Waals surface area contributed by atoms with Crippen LogP contribution in [0.3, 0.4) is 0 Å². The number of benzene rings is 2. The number of methoxy groups -OCH3 is 3. The number of likely N-dealkylation sites (tertiary alicyclic amines) is 1. The Hall–Kier alpha value is -3.62. The first-order valence-corrected chi connectivity index (χ1v) is 9.95. The fourth-order valence-corrected chi connectivity index (χ4v) is 3.91. The maximum Gasteiger partial charge on any atom is 0.321 e. The minimum atomic E-state index is -0.797. The van der Waals surface area contributed by atoms with E-state index in [2.05, 4.69) is 10.6 Å². The lowest BCUT2D eigenvalue weighted by Gasteiger charge is -2.44. The summed E-state index contributed by atoms with van der Waals surface area (Å²) in [5.41, 5.74) is 0.251. The first-order valence-electron chi connectivity index (χ1n) is 9.95. The highest BCUT2D eigenvalue weighted by atomic mass is 16.5. The third-order valence-corrected chi connectivity index (χ3v) is 5.55. The van der Waals surface area contributed by atoms with Gasteiger partial charge in [-0.1, -0.05) is 12.1 Å². The molecule has 0 unspecified atom stereocenters. The Morgan fingerprint density at radius 3 is 2.32 bits per heavy atom. The molecule has 31 heavy (non-hydrogen) atoms. The largest absolute Gasteiger partial charge is 0.493 e. The third kappa shape index (κ3) is 3.90. The molecule has 9 heteroatoms. The van der Waals surface area contributed by atoms with Gasteiger partial charge in [-0.25, -0.2) is 4.79 Å². The molecule has 0 aromatic heterocycles. The van der Waals surface area contributed by atoms with Gasteiger partial charge in [-0.3, -0.25) is 4.79 Å². The van der Waals surface area contributed by atoms with Gasteiger partial charge in [0.1, 0.15) is 5.75 Å². The fourth-order valence-electron chi connectivity index (χ4n) is 3.91. The molecular weight excluding hydrogens is 402 g/mol. The zero-order valence-electron chi connectivity index (χ0n) is 17.7. The molecule has 0 atom stereocenters. The van der Waals surface area contributed by atoms with Crippen LogP contribution in [-0.4, -0.2) is 57.0 Å². The summed E-state index contributed by atoms with van der Waals surface area (Å²) >= 11 is 0. The molecule has 0 bridgehead atoms. The van der Waals surface area contributed by atoms with Crippen LogP contribution in [0.2, 0.25) is 0 Å². The van der Waals surface area contributed by atoms with Crippen LogP contribution in [0.5, 0.6) is 23.0 Å². The van der Waals surface area contributed by atoms with Gasteiger partial charge >= 0.3 is 6.03 Å². The Bertz CT molecular complexity index is 975. The van der Waals surface area contributed by atoms with Crippen molar-refractivity contribution in [2.75, 3.05) is 39.7 Å². The van der Waals surface area contributed by atoms with Crippen molar-refractivity contribution < 1.29 is 28.5 Å². The number of para-hydroxylation sites is 1. The highest BCUT2D eigenvalue weighted by molar-refractivity contribution is 5.98. The van der Waals surface area contributed by atoms with Gasteiger partial charge in [0.15, 0.2) is 17.2 Å². The molecule has 3 amide bonds. The van der Waals surface area contributed by atoms with Gasteiger partial charge in [0, 0.05) is 38.1 Å². The molecule has 4 rings (SSSR count). The molecule has 9 nitrogen and oxygen atoms in total. The third-order valence-electron chi connectivity index (χ3n) is 5.55. The number of anilines is 1. The summed E-state index contributed by atoms with van der Waals surface area (Å²) in [6, 6.07) is 10.3. The SMILES string of the molecule is COc1cc(NC(=O)N2CCC3(CC2)NC(=O)c2ccccc2O3)cc(OC)c1OC. The zero-order chi connectivity index (χ0) is 22.0. The fraction of sp³-hybridized carbons (Fsp3) is 0.364. The molecule has 1 spiro atoms. The summed E-state index contributed by atoms with van der Waals surface area (Å²) in [5.74, 6) is 1.77. The number of ether oxygens (including phenoxy) is 4. The van der Waals surface area contributed by atoms with Crippen LogP contribution in [0.15, 0.2) is 36.4 Å². The molecule has 164 valence electrons. The Kier molecular flexibility index (Phi) is 5.50. The standard InChI is InChI=1S/C22H25N3O6/c1-28-17-12-14(13-18(29-2)19(17)30-3)23-21(27)25-10-8-22(9-11-25)24-20(26)15-6-4-5-7-16(15)31-22/h4-7,12-13H,8-11H2,1-3H3,(H,23,27)(H,24,26). The Balaban J connectivity index is 1.43. The van der Waals surface area contributed by atoms with E-state index < -0.39 is 5.72 Å². The predicted octanol–water partition coefficient (Wildman–Crippen LogP) is 2.86. The number of piperidine rings is 1. The lowest BCUT2D eigenvalue weighted by atomic mass is 9.97. The number of carbonyl (C=O) groups is 2. The van der Waals surface area contributed by atoms with Gasteiger partial charge in [-0.2, -0.15) is 0 Å². The smallest absolute Gasteiger partial charge is 0.321 e. The number of urea groups is 1. The highest BCUT2D eigenvalue weighted by Crippen LogP contribution is 2.40. The Labute approximate surface area is 180 Å². The summed E-state index contributed by atoms with van der Waals surface area (Å²) < 4.78 is 22.1. The second kappa shape index (κ2) is 8.25. The summed E-state index contributed by atoms with van der Waals surface area (Å²) in [7, 11) is 4.56. The summed E-state index contributed by atoms with van der Waals surface area (Å²) in [4.78, 5) is 27.0. The summed E-state index contributed by atoms with van der Waals surface area (Å²) in [6.45, 7) is 0.859. The van der Waals surface area contributed by atoms with Crippen molar-refractivity contribution in [2.45, 2.75) is 18.6 Å². The van der Waals surface area contributed by atoms with E-state index in [1.54, 1.807) is 35.2 Å². The van der Waals surface area contributed by atoms with Crippen LogP contribution in [-0.2, 0) is 0 Å². The second-order valence-electron chi connectivity index (χ2n) is 7.38. The first-order chi connectivity index (χ1) is 15.0. The van der Waals surface area contributed by atoms with Gasteiger partial charge < -0.3 is 34.5 Å². The average Bonchev–Trinajstić information content (AvgIpc) is 2.78. The van der Waals surface area contributed by atoms with Crippen LogP contribution in [0, 0.1) is 0 Å². The molecule has 2 aromatic carbocycles. The number of carbonyl (C=O) groups excluding carboxylic acids is 2. The van der Waals surface area contributed by atoms with Crippen molar-refractivity contribution in [2.24, 2.45) is 0 Å². The molecule has 1 saturated heterocycles. The van der Waals surface area contributed by atoms with E-state index in [1.165, 1.54) is 21.3 Å². The van der Waals surface area contributed by atoms with Crippen molar-refractivity contribution in [3.63, 3.8) is 0 Å². The van der Waals surface area contributed by atoms with E-state index in [0.29, 0.717) is 60.2 Å². The van der Waals surface area contributed by atoms with Crippen LogP contribution in [0.1, 0.15) is 23.2 Å². The summed E-state index contributed by atoms with van der Waals surface area (Å²) in [5, 5.41) is 5.84. The molecule has 2 aliphatic heterocycles. The topological polar surface area (TPSA) is 98.4 Å². The molecular formula is C22H25N3O6. The molecule has 0 saturated carbocycles. The minimum absolute atomic E-state index is 0.155. The van der Waals surface area contributed by atoms with Crippen molar-refractivity contribution in [3.8, 4) is 23.0 Å². The van der Waals surface area contributed by atoms with Crippen LogP contribution >= 0.6 is 0 Å². The van der Waals surface area contributed by atoms with Crippen molar-refractivity contribution in [1.82, 2.24) is 10.2 Å². The predicted molar refractivity (Wildman–Crippen MR) is 113 cm³/mol. The van der Waals surface area contributed by atoms with E-state index in [4.69, 9.17) is 18.9 Å². The quantitative estimate of drug-likeness (QED) is 0.779. The molecule has 2 heterocycles. The van der Waals surface area contributed by atoms with Crippen LogP contribution < -0.4 is 29.6 Å².